The number of carbonyl (C=O) groups excluding carboxylic acids is 2. The number of methoxy groups -OCH3 is 1. The molecule has 1 fully saturated rings. The number of carbonyl (C=O) groups is 2. The molecule has 0 saturated carbocycles. The topological polar surface area (TPSA) is 85.9 Å². The number of rotatable bonds is 8. The Morgan fingerprint density at radius 2 is 2.07 bits per heavy atom. The summed E-state index contributed by atoms with van der Waals surface area (Å²) in [4.78, 5) is 25.1. The van der Waals surface area contributed by atoms with Gasteiger partial charge in [0, 0.05) is 11.7 Å². The van der Waals surface area contributed by atoms with Gasteiger partial charge in [-0.15, -0.1) is 11.3 Å². The molecule has 0 spiro atoms. The number of esters is 2. The third-order valence-corrected chi connectivity index (χ3v) is 6.87. The highest BCUT2D eigenvalue weighted by molar-refractivity contribution is 9.10. The highest BCUT2D eigenvalue weighted by Crippen LogP contribution is 2.46. The minimum absolute atomic E-state index is 0.263. The lowest BCUT2D eigenvalue weighted by Crippen LogP contribution is -2.35. The Labute approximate surface area is 188 Å². The van der Waals surface area contributed by atoms with Gasteiger partial charge in [0.25, 0.3) is 0 Å². The van der Waals surface area contributed by atoms with E-state index in [0.29, 0.717) is 15.4 Å². The molecule has 2 aromatic rings. The van der Waals surface area contributed by atoms with Crippen molar-refractivity contribution in [1.82, 2.24) is 5.32 Å². The molecule has 7 nitrogen and oxygen atoms in total. The molecule has 0 radical (unpaired) electrons. The predicted octanol–water partition coefficient (Wildman–Crippen LogP) is 4.07. The van der Waals surface area contributed by atoms with E-state index in [2.05, 4.69) is 32.6 Å². The molecule has 0 amide bonds. The van der Waals surface area contributed by atoms with Gasteiger partial charge in [-0.2, -0.15) is 0 Å². The molecule has 0 atom stereocenters. The van der Waals surface area contributed by atoms with E-state index in [9.17, 15) is 9.59 Å². The van der Waals surface area contributed by atoms with Crippen LogP contribution in [-0.2, 0) is 14.3 Å². The Morgan fingerprint density at radius 3 is 2.77 bits per heavy atom. The van der Waals surface area contributed by atoms with Crippen molar-refractivity contribution in [3.8, 4) is 16.2 Å². The predicted molar refractivity (Wildman–Crippen MR) is 120 cm³/mol. The maximum absolute atomic E-state index is 12.3. The summed E-state index contributed by atoms with van der Waals surface area (Å²) in [6.07, 6.45) is 2.15. The van der Waals surface area contributed by atoms with Gasteiger partial charge in [0.15, 0.2) is 17.2 Å². The molecule has 0 unspecified atom stereocenters. The third-order valence-electron chi connectivity index (χ3n) is 4.65. The first-order valence-corrected chi connectivity index (χ1v) is 11.4. The molecule has 30 heavy (non-hydrogen) atoms. The Morgan fingerprint density at radius 1 is 1.30 bits per heavy atom. The van der Waals surface area contributed by atoms with Crippen LogP contribution >= 0.6 is 27.3 Å². The van der Waals surface area contributed by atoms with Gasteiger partial charge in [-0.1, -0.05) is 12.1 Å². The van der Waals surface area contributed by atoms with Crippen LogP contribution in [0.4, 0.5) is 5.69 Å². The molecule has 9 heteroatoms. The van der Waals surface area contributed by atoms with Crippen LogP contribution in [-0.4, -0.2) is 51.4 Å². The van der Waals surface area contributed by atoms with E-state index in [4.69, 9.17) is 14.2 Å². The van der Waals surface area contributed by atoms with Crippen molar-refractivity contribution in [3.05, 3.63) is 33.6 Å². The summed E-state index contributed by atoms with van der Waals surface area (Å²) in [5.74, 6) is -0.734. The van der Waals surface area contributed by atoms with Gasteiger partial charge in [0.05, 0.1) is 23.1 Å². The van der Waals surface area contributed by atoms with Crippen LogP contribution in [0.15, 0.2) is 28.7 Å². The normalized spacial score (nSPS) is 14.2. The molecule has 1 aliphatic rings. The van der Waals surface area contributed by atoms with Crippen molar-refractivity contribution in [3.63, 3.8) is 0 Å². The number of hydrogen-bond acceptors (Lipinski definition) is 8. The summed E-state index contributed by atoms with van der Waals surface area (Å²) < 4.78 is 16.0. The summed E-state index contributed by atoms with van der Waals surface area (Å²) in [5, 5.41) is 6.95. The molecule has 1 aromatic carbocycles. The molecule has 0 bridgehead atoms. The highest BCUT2D eigenvalue weighted by Gasteiger charge is 2.25. The highest BCUT2D eigenvalue weighted by atomic mass is 79.9. The van der Waals surface area contributed by atoms with E-state index in [1.165, 1.54) is 18.4 Å². The number of halogens is 1. The zero-order chi connectivity index (χ0) is 21.5. The van der Waals surface area contributed by atoms with Crippen LogP contribution in [0.5, 0.6) is 5.75 Å². The Hall–Kier alpha value is -2.10. The van der Waals surface area contributed by atoms with Crippen molar-refractivity contribution in [2.45, 2.75) is 25.8 Å². The SMILES string of the molecule is CCOC(=O)COc1c(C(=O)OC)sc(-c2cccc(NC3CCNCC3)c2)c1Br. The fourth-order valence-corrected chi connectivity index (χ4v) is 5.19. The lowest BCUT2D eigenvalue weighted by molar-refractivity contribution is -0.145. The van der Waals surface area contributed by atoms with E-state index in [1.54, 1.807) is 6.92 Å². The standard InChI is InChI=1S/C21H25BrN2O5S/c1-3-28-16(25)12-29-18-17(22)19(30-20(18)21(26)27-2)13-5-4-6-15(11-13)24-14-7-9-23-10-8-14/h4-6,11,14,23-24H,3,7-10,12H2,1-2H3. The number of nitrogens with one attached hydrogen (secondary N) is 2. The minimum Gasteiger partial charge on any atom is -0.479 e. The minimum atomic E-state index is -0.519. The molecular formula is C21H25BrN2O5S. The fourth-order valence-electron chi connectivity index (χ4n) is 3.22. The molecule has 1 aromatic heterocycles. The average Bonchev–Trinajstić information content (AvgIpc) is 3.09. The van der Waals surface area contributed by atoms with Gasteiger partial charge >= 0.3 is 11.9 Å². The summed E-state index contributed by atoms with van der Waals surface area (Å²) in [6, 6.07) is 8.46. The second-order valence-corrected chi connectivity index (χ2v) is 8.55. The van der Waals surface area contributed by atoms with Gasteiger partial charge in [-0.05, 0) is 66.5 Å². The average molecular weight is 497 g/mol. The monoisotopic (exact) mass is 496 g/mol. The van der Waals surface area contributed by atoms with Crippen LogP contribution in [0.25, 0.3) is 10.4 Å². The van der Waals surface area contributed by atoms with E-state index < -0.39 is 11.9 Å². The first kappa shape index (κ1) is 22.6. The summed E-state index contributed by atoms with van der Waals surface area (Å²) in [5.41, 5.74) is 1.95. The summed E-state index contributed by atoms with van der Waals surface area (Å²) in [7, 11) is 1.31. The number of benzene rings is 1. The van der Waals surface area contributed by atoms with E-state index >= 15 is 0 Å². The van der Waals surface area contributed by atoms with E-state index in [1.807, 2.05) is 18.2 Å². The summed E-state index contributed by atoms with van der Waals surface area (Å²) >= 11 is 4.80. The fraction of sp³-hybridized carbons (Fsp3) is 0.429. The molecule has 2 N–H and O–H groups in total. The first-order chi connectivity index (χ1) is 14.5. The smallest absolute Gasteiger partial charge is 0.351 e. The molecule has 2 heterocycles. The quantitative estimate of drug-likeness (QED) is 0.532. The maximum Gasteiger partial charge on any atom is 0.351 e. The van der Waals surface area contributed by atoms with Gasteiger partial charge in [0.2, 0.25) is 0 Å². The lowest BCUT2D eigenvalue weighted by atomic mass is 10.1. The Kier molecular flexibility index (Phi) is 8.12. The maximum atomic E-state index is 12.3. The van der Waals surface area contributed by atoms with Gasteiger partial charge in [0.1, 0.15) is 0 Å². The number of anilines is 1. The number of ether oxygens (including phenoxy) is 3. The van der Waals surface area contributed by atoms with Crippen LogP contribution in [0.2, 0.25) is 0 Å². The van der Waals surface area contributed by atoms with Crippen LogP contribution < -0.4 is 15.4 Å². The molecule has 162 valence electrons. The van der Waals surface area contributed by atoms with Gasteiger partial charge in [-0.3, -0.25) is 0 Å². The largest absolute Gasteiger partial charge is 0.479 e. The van der Waals surface area contributed by atoms with Gasteiger partial charge < -0.3 is 24.8 Å². The second kappa shape index (κ2) is 10.8. The second-order valence-electron chi connectivity index (χ2n) is 6.74. The van der Waals surface area contributed by atoms with Crippen molar-refractivity contribution in [2.24, 2.45) is 0 Å². The van der Waals surface area contributed by atoms with Gasteiger partial charge in [-0.25, -0.2) is 9.59 Å². The van der Waals surface area contributed by atoms with Crippen molar-refractivity contribution in [1.29, 1.82) is 0 Å². The first-order valence-electron chi connectivity index (χ1n) is 9.80. The van der Waals surface area contributed by atoms with Crippen LogP contribution in [0.3, 0.4) is 0 Å². The van der Waals surface area contributed by atoms with Crippen molar-refractivity contribution >= 4 is 44.9 Å². The van der Waals surface area contributed by atoms with E-state index in [-0.39, 0.29) is 19.0 Å². The van der Waals surface area contributed by atoms with Crippen LogP contribution in [0.1, 0.15) is 29.4 Å². The van der Waals surface area contributed by atoms with Crippen molar-refractivity contribution < 1.29 is 23.8 Å². The molecular weight excluding hydrogens is 472 g/mol. The number of piperidine rings is 1. The zero-order valence-corrected chi connectivity index (χ0v) is 19.4. The lowest BCUT2D eigenvalue weighted by Gasteiger charge is -2.24. The molecule has 0 aliphatic carbocycles. The molecule has 1 saturated heterocycles. The van der Waals surface area contributed by atoms with Crippen LogP contribution in [0, 0.1) is 0 Å². The number of thiophene rings is 1. The molecule has 1 aliphatic heterocycles. The Bertz CT molecular complexity index is 896. The number of hydrogen-bond donors (Lipinski definition) is 2. The Balaban J connectivity index is 1.86. The van der Waals surface area contributed by atoms with E-state index in [0.717, 1.165) is 42.1 Å². The third kappa shape index (κ3) is 5.53. The summed E-state index contributed by atoms with van der Waals surface area (Å²) in [6.45, 7) is 3.72. The van der Waals surface area contributed by atoms with Crippen molar-refractivity contribution in [2.75, 3.05) is 38.7 Å². The molecule has 3 rings (SSSR count). The zero-order valence-electron chi connectivity index (χ0n) is 17.0.